The van der Waals surface area contributed by atoms with Gasteiger partial charge in [0.1, 0.15) is 0 Å². The van der Waals surface area contributed by atoms with E-state index < -0.39 is 11.8 Å². The van der Waals surface area contributed by atoms with Gasteiger partial charge in [-0.3, -0.25) is 14.4 Å². The summed E-state index contributed by atoms with van der Waals surface area (Å²) in [4.78, 5) is 35.8. The molecule has 0 unspecified atom stereocenters. The normalized spacial score (nSPS) is 15.1. The second kappa shape index (κ2) is 12.6. The van der Waals surface area contributed by atoms with Crippen molar-refractivity contribution < 1.29 is 28.6 Å². The van der Waals surface area contributed by atoms with E-state index in [9.17, 15) is 14.4 Å². The number of hydrazone groups is 1. The van der Waals surface area contributed by atoms with Crippen molar-refractivity contribution in [1.29, 1.82) is 0 Å². The van der Waals surface area contributed by atoms with Crippen LogP contribution in [0.15, 0.2) is 47.6 Å². The standard InChI is InChI=1S/C23H25ClN4O6/c1-32-20-11-15(12-26-28-23(31)22(30)25-13-18-3-2-10-33-18)4-9-19(20)34-14-21(29)27-17-7-5-16(24)6-8-17/h4-9,11-12,18H,2-3,10,13-14H2,1H3,(H,25,30)(H,27,29)(H,28,31)/b26-12-/t18-/m0/s1. The number of hydrogen-bond donors (Lipinski definition) is 3. The van der Waals surface area contributed by atoms with Crippen LogP contribution in [0.3, 0.4) is 0 Å². The van der Waals surface area contributed by atoms with E-state index in [1.165, 1.54) is 13.3 Å². The third kappa shape index (κ3) is 7.75. The van der Waals surface area contributed by atoms with Gasteiger partial charge in [-0.2, -0.15) is 5.10 Å². The summed E-state index contributed by atoms with van der Waals surface area (Å²) in [6.45, 7) is 0.719. The van der Waals surface area contributed by atoms with Gasteiger partial charge in [-0.1, -0.05) is 11.6 Å². The Morgan fingerprint density at radius 1 is 1.15 bits per heavy atom. The first-order valence-electron chi connectivity index (χ1n) is 10.5. The molecule has 3 amide bonds. The third-order valence-electron chi connectivity index (χ3n) is 4.77. The Labute approximate surface area is 201 Å². The minimum Gasteiger partial charge on any atom is -0.493 e. The Morgan fingerprint density at radius 3 is 2.65 bits per heavy atom. The van der Waals surface area contributed by atoms with Gasteiger partial charge in [0, 0.05) is 23.9 Å². The predicted molar refractivity (Wildman–Crippen MR) is 126 cm³/mol. The van der Waals surface area contributed by atoms with E-state index in [2.05, 4.69) is 21.2 Å². The summed E-state index contributed by atoms with van der Waals surface area (Å²) in [6, 6.07) is 11.6. The van der Waals surface area contributed by atoms with E-state index in [0.717, 1.165) is 12.8 Å². The van der Waals surface area contributed by atoms with Crippen molar-refractivity contribution in [3.63, 3.8) is 0 Å². The number of hydrogen-bond acceptors (Lipinski definition) is 7. The fourth-order valence-corrected chi connectivity index (χ4v) is 3.19. The molecule has 1 aliphatic rings. The van der Waals surface area contributed by atoms with E-state index >= 15 is 0 Å². The lowest BCUT2D eigenvalue weighted by Gasteiger charge is -2.11. The first-order valence-corrected chi connectivity index (χ1v) is 10.9. The maximum absolute atomic E-state index is 12.1. The molecule has 34 heavy (non-hydrogen) atoms. The molecule has 1 saturated heterocycles. The van der Waals surface area contributed by atoms with Crippen molar-refractivity contribution in [3.05, 3.63) is 53.1 Å². The number of ether oxygens (including phenoxy) is 3. The van der Waals surface area contributed by atoms with E-state index in [4.69, 9.17) is 25.8 Å². The number of carbonyl (C=O) groups excluding carboxylic acids is 3. The summed E-state index contributed by atoms with van der Waals surface area (Å²) in [5.41, 5.74) is 3.34. The fraction of sp³-hybridized carbons (Fsp3) is 0.304. The average Bonchev–Trinajstić information content (AvgIpc) is 3.36. The van der Waals surface area contributed by atoms with Crippen LogP contribution >= 0.6 is 11.6 Å². The molecule has 2 aromatic carbocycles. The molecule has 0 saturated carbocycles. The lowest BCUT2D eigenvalue weighted by Crippen LogP contribution is -2.41. The van der Waals surface area contributed by atoms with Crippen molar-refractivity contribution in [3.8, 4) is 11.5 Å². The summed E-state index contributed by atoms with van der Waals surface area (Å²) < 4.78 is 16.2. The molecule has 11 heteroatoms. The SMILES string of the molecule is COc1cc(/C=N\NC(=O)C(=O)NC[C@@H]2CCCO2)ccc1OCC(=O)Nc1ccc(Cl)cc1. The van der Waals surface area contributed by atoms with Crippen molar-refractivity contribution in [2.75, 3.05) is 32.2 Å². The van der Waals surface area contributed by atoms with Gasteiger partial charge in [0.05, 0.1) is 19.4 Å². The fourth-order valence-electron chi connectivity index (χ4n) is 3.07. The highest BCUT2D eigenvalue weighted by Crippen LogP contribution is 2.27. The zero-order valence-electron chi connectivity index (χ0n) is 18.5. The molecule has 2 aromatic rings. The predicted octanol–water partition coefficient (Wildman–Crippen LogP) is 2.11. The number of nitrogens with one attached hydrogen (secondary N) is 3. The number of amides is 3. The minimum absolute atomic E-state index is 0.0584. The van der Waals surface area contributed by atoms with Crippen LogP contribution in [0.5, 0.6) is 11.5 Å². The molecule has 0 aliphatic carbocycles. The second-order valence-electron chi connectivity index (χ2n) is 7.30. The van der Waals surface area contributed by atoms with E-state index in [1.807, 2.05) is 0 Å². The highest BCUT2D eigenvalue weighted by Gasteiger charge is 2.19. The van der Waals surface area contributed by atoms with E-state index in [1.54, 1.807) is 42.5 Å². The largest absolute Gasteiger partial charge is 0.493 e. The zero-order chi connectivity index (χ0) is 24.3. The van der Waals surface area contributed by atoms with Gasteiger partial charge in [-0.25, -0.2) is 5.43 Å². The van der Waals surface area contributed by atoms with Crippen molar-refractivity contribution >= 4 is 41.2 Å². The Morgan fingerprint density at radius 2 is 1.94 bits per heavy atom. The highest BCUT2D eigenvalue weighted by molar-refractivity contribution is 6.35. The van der Waals surface area contributed by atoms with Crippen molar-refractivity contribution in [2.45, 2.75) is 18.9 Å². The number of methoxy groups -OCH3 is 1. The summed E-state index contributed by atoms with van der Waals surface area (Å²) in [7, 11) is 1.46. The zero-order valence-corrected chi connectivity index (χ0v) is 19.3. The quantitative estimate of drug-likeness (QED) is 0.282. The van der Waals surface area contributed by atoms with Gasteiger partial charge in [0.15, 0.2) is 18.1 Å². The van der Waals surface area contributed by atoms with E-state index in [0.29, 0.717) is 34.4 Å². The second-order valence-corrected chi connectivity index (χ2v) is 7.73. The number of anilines is 1. The van der Waals surface area contributed by atoms with Gasteiger partial charge >= 0.3 is 11.8 Å². The summed E-state index contributed by atoms with van der Waals surface area (Å²) >= 11 is 5.83. The lowest BCUT2D eigenvalue weighted by molar-refractivity contribution is -0.139. The molecule has 10 nitrogen and oxygen atoms in total. The number of nitrogens with zero attached hydrogens (tertiary/aromatic N) is 1. The topological polar surface area (TPSA) is 127 Å². The number of carbonyl (C=O) groups is 3. The van der Waals surface area contributed by atoms with Crippen molar-refractivity contribution in [2.24, 2.45) is 5.10 Å². The Bertz CT molecular complexity index is 1040. The minimum atomic E-state index is -0.882. The molecule has 1 heterocycles. The van der Waals surface area contributed by atoms with Gasteiger partial charge in [0.25, 0.3) is 5.91 Å². The number of benzene rings is 2. The van der Waals surface area contributed by atoms with Crippen molar-refractivity contribution in [1.82, 2.24) is 10.7 Å². The van der Waals surface area contributed by atoms with Gasteiger partial charge < -0.3 is 24.8 Å². The van der Waals surface area contributed by atoms with Gasteiger partial charge in [0.2, 0.25) is 0 Å². The van der Waals surface area contributed by atoms with Crippen LogP contribution in [-0.4, -0.2) is 56.9 Å². The molecule has 1 atom stereocenters. The number of halogens is 1. The molecule has 0 spiro atoms. The maximum atomic E-state index is 12.1. The van der Waals surface area contributed by atoms with Crippen LogP contribution in [0.4, 0.5) is 5.69 Å². The Kier molecular flexibility index (Phi) is 9.24. The van der Waals surface area contributed by atoms with Crippen LogP contribution in [0.2, 0.25) is 5.02 Å². The molecular formula is C23H25ClN4O6. The first kappa shape index (κ1) is 25.0. The highest BCUT2D eigenvalue weighted by atomic mass is 35.5. The van der Waals surface area contributed by atoms with Gasteiger partial charge in [-0.05, 0) is 60.9 Å². The molecule has 1 aliphatic heterocycles. The molecule has 0 aromatic heterocycles. The summed E-state index contributed by atoms with van der Waals surface area (Å²) in [5, 5.41) is 9.57. The number of rotatable bonds is 9. The Balaban J connectivity index is 1.47. The van der Waals surface area contributed by atoms with Crippen LogP contribution in [0, 0.1) is 0 Å². The first-order chi connectivity index (χ1) is 16.4. The molecule has 180 valence electrons. The van der Waals surface area contributed by atoms with E-state index in [-0.39, 0.29) is 25.2 Å². The van der Waals surface area contributed by atoms with Gasteiger partial charge in [-0.15, -0.1) is 0 Å². The molecule has 1 fully saturated rings. The molecule has 3 rings (SSSR count). The third-order valence-corrected chi connectivity index (χ3v) is 5.03. The molecular weight excluding hydrogens is 464 g/mol. The smallest absolute Gasteiger partial charge is 0.329 e. The van der Waals surface area contributed by atoms with Crippen LogP contribution in [0.25, 0.3) is 0 Å². The summed E-state index contributed by atoms with van der Waals surface area (Å²) in [6.07, 6.45) is 3.09. The molecule has 0 bridgehead atoms. The maximum Gasteiger partial charge on any atom is 0.329 e. The molecule has 0 radical (unpaired) electrons. The van der Waals surface area contributed by atoms with Crippen LogP contribution in [-0.2, 0) is 19.1 Å². The Hall–Kier alpha value is -3.63. The lowest BCUT2D eigenvalue weighted by atomic mass is 10.2. The molecule has 3 N–H and O–H groups in total. The van der Waals surface area contributed by atoms with Crippen LogP contribution < -0.4 is 25.5 Å². The van der Waals surface area contributed by atoms with Crippen LogP contribution in [0.1, 0.15) is 18.4 Å². The monoisotopic (exact) mass is 488 g/mol. The average molecular weight is 489 g/mol. The summed E-state index contributed by atoms with van der Waals surface area (Å²) in [5.74, 6) is -1.30.